The Morgan fingerprint density at radius 1 is 1.07 bits per heavy atom. The van der Waals surface area contributed by atoms with Crippen molar-refractivity contribution in [3.8, 4) is 5.03 Å². The number of aryl methyl sites for hydroxylation is 3. The van der Waals surface area contributed by atoms with E-state index in [1.807, 2.05) is 26.8 Å². The molecule has 2 aromatic rings. The molecule has 0 amide bonds. The lowest BCUT2D eigenvalue weighted by molar-refractivity contribution is 1.03. The van der Waals surface area contributed by atoms with E-state index in [-0.39, 0.29) is 10.5 Å². The third-order valence-electron chi connectivity index (χ3n) is 1.97. The molecule has 2 N–H and O–H groups in total. The lowest BCUT2D eigenvalue weighted by atomic mass is 10.4. The molecule has 78 valence electrons. The molecule has 0 fully saturated rings. The summed E-state index contributed by atoms with van der Waals surface area (Å²) in [6.07, 6.45) is 0. The average Bonchev–Trinajstić information content (AvgIpc) is 2.43. The van der Waals surface area contributed by atoms with Crippen molar-refractivity contribution in [2.75, 3.05) is 5.73 Å². The molecule has 1 unspecified atom stereocenters. The molecule has 0 bridgehead atoms. The molecule has 0 aliphatic heterocycles. The van der Waals surface area contributed by atoms with E-state index in [0.29, 0.717) is 5.13 Å². The first-order valence-corrected chi connectivity index (χ1v) is 5.93. The maximum absolute atomic E-state index is 5.85. The van der Waals surface area contributed by atoms with Crippen LogP contribution in [-0.2, 0) is 0 Å². The molecule has 15 heavy (non-hydrogen) atoms. The Morgan fingerprint density at radius 2 is 1.80 bits per heavy atom. The Kier molecular flexibility index (Phi) is 2.40. The fourth-order valence-corrected chi connectivity index (χ4v) is 3.06. The first-order valence-electron chi connectivity index (χ1n) is 4.64. The zero-order valence-electron chi connectivity index (χ0n) is 8.98. The van der Waals surface area contributed by atoms with Crippen molar-refractivity contribution in [2.45, 2.75) is 20.8 Å². The molecule has 0 aliphatic rings. The monoisotopic (exact) mass is 221 g/mol. The average molecular weight is 221 g/mol. The highest BCUT2D eigenvalue weighted by Crippen LogP contribution is 2.35. The summed E-state index contributed by atoms with van der Waals surface area (Å²) < 4.78 is 0. The molecule has 4 nitrogen and oxygen atoms in total. The van der Waals surface area contributed by atoms with E-state index in [1.165, 1.54) is 0 Å². The summed E-state index contributed by atoms with van der Waals surface area (Å²) in [5.74, 6) is 0.781. The van der Waals surface area contributed by atoms with Gasteiger partial charge in [-0.3, -0.25) is 0 Å². The van der Waals surface area contributed by atoms with Crippen LogP contribution >= 0.6 is 10.5 Å². The lowest BCUT2D eigenvalue weighted by Crippen LogP contribution is -1.92. The van der Waals surface area contributed by atoms with Gasteiger partial charge >= 0.3 is 5.13 Å². The number of hydrogen-bond acceptors (Lipinski definition) is 4. The number of aromatic nitrogens is 3. The molecule has 0 saturated heterocycles. The van der Waals surface area contributed by atoms with Gasteiger partial charge in [0.2, 0.25) is 0 Å². The van der Waals surface area contributed by atoms with Crippen LogP contribution in [-0.4, -0.2) is 15.0 Å². The fraction of sp³-hybridized carbons (Fsp3) is 0.300. The molecule has 0 saturated carbocycles. The smallest absolute Gasteiger partial charge is 0.339 e. The molecule has 2 rings (SSSR count). The summed E-state index contributed by atoms with van der Waals surface area (Å²) in [6.45, 7) is 5.79. The molecule has 2 heterocycles. The number of hydrogen-bond donors (Lipinski definition) is 1. The lowest BCUT2D eigenvalue weighted by Gasteiger charge is -1.94. The number of nitrogen functional groups attached to an aromatic ring is 1. The molecule has 2 aromatic heterocycles. The van der Waals surface area contributed by atoms with Crippen LogP contribution in [0.1, 0.15) is 17.2 Å². The van der Waals surface area contributed by atoms with Gasteiger partial charge in [0.1, 0.15) is 5.82 Å². The minimum atomic E-state index is -0.271. The molecule has 0 aromatic carbocycles. The Hall–Kier alpha value is -1.49. The number of thiazole rings is 1. The predicted octanol–water partition coefficient (Wildman–Crippen LogP) is 2.12. The van der Waals surface area contributed by atoms with Crippen molar-refractivity contribution in [1.29, 1.82) is 0 Å². The van der Waals surface area contributed by atoms with Gasteiger partial charge in [-0.25, -0.2) is 4.98 Å². The molecular weight excluding hydrogens is 208 g/mol. The first-order chi connectivity index (χ1) is 7.06. The maximum Gasteiger partial charge on any atom is 0.344 e. The SMILES string of the molecule is Cc1cc(-[s+]2cc(C)nc2N)nc(C)n1. The highest BCUT2D eigenvalue weighted by Gasteiger charge is 2.19. The second kappa shape index (κ2) is 3.58. The second-order valence-electron chi connectivity index (χ2n) is 3.44. The molecule has 0 radical (unpaired) electrons. The van der Waals surface area contributed by atoms with Crippen LogP contribution in [0.5, 0.6) is 0 Å². The fourth-order valence-electron chi connectivity index (χ4n) is 1.44. The van der Waals surface area contributed by atoms with Gasteiger partial charge < -0.3 is 5.73 Å². The number of rotatable bonds is 1. The normalized spacial score (nSPS) is 11.8. The van der Waals surface area contributed by atoms with E-state index in [0.717, 1.165) is 22.2 Å². The zero-order valence-corrected chi connectivity index (χ0v) is 9.80. The molecule has 1 atom stereocenters. The third-order valence-corrected chi connectivity index (χ3v) is 3.75. The highest BCUT2D eigenvalue weighted by molar-refractivity contribution is 7.40. The van der Waals surface area contributed by atoms with E-state index in [9.17, 15) is 0 Å². The molecule has 5 heteroatoms. The third kappa shape index (κ3) is 1.97. The van der Waals surface area contributed by atoms with Crippen molar-refractivity contribution in [3.63, 3.8) is 0 Å². The van der Waals surface area contributed by atoms with E-state index in [1.54, 1.807) is 0 Å². The molecular formula is C10H13N4S+. The minimum absolute atomic E-state index is 0.271. The van der Waals surface area contributed by atoms with E-state index in [4.69, 9.17) is 5.73 Å². The number of anilines is 1. The standard InChI is InChI=1S/C10H13N4S/c1-6-4-9(14-8(3)12-6)15-5-7(2)13-10(15)11/h4-5H,1-3H3,(H2,11,13)/q+1. The topological polar surface area (TPSA) is 64.7 Å². The zero-order chi connectivity index (χ0) is 11.0. The minimum Gasteiger partial charge on any atom is -0.339 e. The van der Waals surface area contributed by atoms with Gasteiger partial charge in [-0.2, -0.15) is 9.97 Å². The van der Waals surface area contributed by atoms with Crippen molar-refractivity contribution in [1.82, 2.24) is 15.0 Å². The summed E-state index contributed by atoms with van der Waals surface area (Å²) in [5, 5.41) is 3.65. The Bertz CT molecular complexity index is 484. The number of nitrogens with zero attached hydrogens (tertiary/aromatic N) is 3. The summed E-state index contributed by atoms with van der Waals surface area (Å²) in [6, 6.07) is 1.97. The van der Waals surface area contributed by atoms with Crippen molar-refractivity contribution in [2.24, 2.45) is 0 Å². The van der Waals surface area contributed by atoms with Gasteiger partial charge in [0.05, 0.1) is 16.2 Å². The Balaban J connectivity index is 2.58. The van der Waals surface area contributed by atoms with Crippen LogP contribution < -0.4 is 5.73 Å². The molecule has 0 spiro atoms. The Labute approximate surface area is 91.2 Å². The van der Waals surface area contributed by atoms with Gasteiger partial charge in [0, 0.05) is 11.8 Å². The van der Waals surface area contributed by atoms with E-state index < -0.39 is 0 Å². The molecule has 0 aliphatic carbocycles. The van der Waals surface area contributed by atoms with Gasteiger partial charge in [-0.15, -0.1) is 0 Å². The Morgan fingerprint density at radius 3 is 2.33 bits per heavy atom. The van der Waals surface area contributed by atoms with Crippen LogP contribution in [0, 0.1) is 20.8 Å². The van der Waals surface area contributed by atoms with Gasteiger partial charge in [-0.1, -0.05) is 0 Å². The van der Waals surface area contributed by atoms with Gasteiger partial charge in [0.25, 0.3) is 5.03 Å². The highest BCUT2D eigenvalue weighted by atomic mass is 32.2. The largest absolute Gasteiger partial charge is 0.344 e. The van der Waals surface area contributed by atoms with E-state index >= 15 is 0 Å². The number of nitrogens with two attached hydrogens (primary N) is 1. The first kappa shape index (κ1) is 10.0. The van der Waals surface area contributed by atoms with Crippen LogP contribution in [0.25, 0.3) is 5.03 Å². The van der Waals surface area contributed by atoms with Crippen LogP contribution in [0.3, 0.4) is 0 Å². The van der Waals surface area contributed by atoms with E-state index in [2.05, 4.69) is 20.3 Å². The van der Waals surface area contributed by atoms with Crippen LogP contribution in [0.2, 0.25) is 0 Å². The second-order valence-corrected chi connectivity index (χ2v) is 5.19. The van der Waals surface area contributed by atoms with Crippen molar-refractivity contribution >= 4 is 15.6 Å². The van der Waals surface area contributed by atoms with Crippen molar-refractivity contribution < 1.29 is 0 Å². The summed E-state index contributed by atoms with van der Waals surface area (Å²) in [5.41, 5.74) is 7.78. The quantitative estimate of drug-likeness (QED) is 0.749. The summed E-state index contributed by atoms with van der Waals surface area (Å²) >= 11 is 0. The maximum atomic E-state index is 5.85. The summed E-state index contributed by atoms with van der Waals surface area (Å²) in [7, 11) is -0.271. The van der Waals surface area contributed by atoms with Gasteiger partial charge in [-0.05, 0) is 20.8 Å². The van der Waals surface area contributed by atoms with Crippen molar-refractivity contribution in [3.05, 3.63) is 28.7 Å². The van der Waals surface area contributed by atoms with Gasteiger partial charge in [0.15, 0.2) is 5.38 Å². The summed E-state index contributed by atoms with van der Waals surface area (Å²) in [4.78, 5) is 12.9. The van der Waals surface area contributed by atoms with Crippen LogP contribution in [0.4, 0.5) is 5.13 Å². The van der Waals surface area contributed by atoms with Crippen LogP contribution in [0.15, 0.2) is 11.4 Å². The predicted molar refractivity (Wildman–Crippen MR) is 62.3 cm³/mol.